The smallest absolute Gasteiger partial charge is 0.248 e. The summed E-state index contributed by atoms with van der Waals surface area (Å²) in [4.78, 5) is 16.5. The van der Waals surface area contributed by atoms with Gasteiger partial charge in [0.1, 0.15) is 6.61 Å². The van der Waals surface area contributed by atoms with E-state index in [1.807, 2.05) is 4.90 Å². The van der Waals surface area contributed by atoms with Gasteiger partial charge in [0.25, 0.3) is 0 Å². The lowest BCUT2D eigenvalue weighted by molar-refractivity contribution is -0.137. The fraction of sp³-hybridized carbons (Fsp3) is 0.933. The number of amides is 1. The van der Waals surface area contributed by atoms with E-state index in [1.165, 1.54) is 51.6 Å². The zero-order valence-corrected chi connectivity index (χ0v) is 12.1. The van der Waals surface area contributed by atoms with E-state index in [0.29, 0.717) is 5.41 Å². The minimum absolute atomic E-state index is 0.159. The van der Waals surface area contributed by atoms with Crippen LogP contribution in [0.3, 0.4) is 0 Å². The van der Waals surface area contributed by atoms with Gasteiger partial charge in [-0.25, -0.2) is 0 Å². The molecule has 108 valence electrons. The maximum Gasteiger partial charge on any atom is 0.248 e. The Morgan fingerprint density at radius 3 is 2.47 bits per heavy atom. The molecule has 0 N–H and O–H groups in total. The summed E-state index contributed by atoms with van der Waals surface area (Å²) in [5.41, 5.74) is 0.513. The Kier molecular flexibility index (Phi) is 3.81. The van der Waals surface area contributed by atoms with Gasteiger partial charge in [0.2, 0.25) is 5.91 Å². The van der Waals surface area contributed by atoms with Gasteiger partial charge in [0.05, 0.1) is 0 Å². The lowest BCUT2D eigenvalue weighted by Crippen LogP contribution is -2.46. The lowest BCUT2D eigenvalue weighted by atomic mass is 9.77. The van der Waals surface area contributed by atoms with Crippen LogP contribution in [0.25, 0.3) is 0 Å². The Balaban J connectivity index is 1.51. The molecule has 3 rings (SSSR count). The molecule has 1 spiro atoms. The van der Waals surface area contributed by atoms with Crippen LogP contribution in [0.5, 0.6) is 0 Å². The predicted molar refractivity (Wildman–Crippen MR) is 74.0 cm³/mol. The molecule has 1 amide bonds. The third-order valence-electron chi connectivity index (χ3n) is 5.50. The van der Waals surface area contributed by atoms with Crippen molar-refractivity contribution >= 4 is 5.91 Å². The standard InChI is InChI=1S/C15H26N2O2/c1-19-11-14(18)16-8-5-15(6-9-16)7-10-17(12-15)13-3-2-4-13/h13H,2-12H2,1H3. The highest BCUT2D eigenvalue weighted by Crippen LogP contribution is 2.43. The maximum absolute atomic E-state index is 11.8. The molecule has 19 heavy (non-hydrogen) atoms. The Labute approximate surface area is 116 Å². The van der Waals surface area contributed by atoms with E-state index in [0.717, 1.165) is 19.1 Å². The highest BCUT2D eigenvalue weighted by atomic mass is 16.5. The molecule has 0 aromatic heterocycles. The summed E-state index contributed by atoms with van der Waals surface area (Å²) in [6.07, 6.45) is 7.96. The summed E-state index contributed by atoms with van der Waals surface area (Å²) >= 11 is 0. The van der Waals surface area contributed by atoms with Gasteiger partial charge >= 0.3 is 0 Å². The fourth-order valence-corrected chi connectivity index (χ4v) is 3.89. The van der Waals surface area contributed by atoms with Crippen LogP contribution in [0.4, 0.5) is 0 Å². The van der Waals surface area contributed by atoms with Crippen LogP contribution in [0.15, 0.2) is 0 Å². The van der Waals surface area contributed by atoms with E-state index in [-0.39, 0.29) is 12.5 Å². The number of likely N-dealkylation sites (tertiary alicyclic amines) is 2. The average Bonchev–Trinajstić information content (AvgIpc) is 2.72. The first-order valence-corrected chi connectivity index (χ1v) is 7.73. The van der Waals surface area contributed by atoms with E-state index in [9.17, 15) is 4.79 Å². The van der Waals surface area contributed by atoms with E-state index < -0.39 is 0 Å². The number of nitrogens with zero attached hydrogens (tertiary/aromatic N) is 2. The minimum atomic E-state index is 0.159. The summed E-state index contributed by atoms with van der Waals surface area (Å²) in [6, 6.07) is 0.882. The van der Waals surface area contributed by atoms with Crippen molar-refractivity contribution in [3.8, 4) is 0 Å². The average molecular weight is 266 g/mol. The summed E-state index contributed by atoms with van der Waals surface area (Å²) in [7, 11) is 1.59. The van der Waals surface area contributed by atoms with Gasteiger partial charge in [-0.05, 0) is 44.1 Å². The van der Waals surface area contributed by atoms with Crippen molar-refractivity contribution < 1.29 is 9.53 Å². The first kappa shape index (κ1) is 13.4. The van der Waals surface area contributed by atoms with Crippen molar-refractivity contribution in [2.75, 3.05) is 39.9 Å². The number of rotatable bonds is 3. The van der Waals surface area contributed by atoms with E-state index in [2.05, 4.69) is 4.90 Å². The normalized spacial score (nSPS) is 27.7. The van der Waals surface area contributed by atoms with Gasteiger partial charge in [-0.1, -0.05) is 6.42 Å². The van der Waals surface area contributed by atoms with Crippen LogP contribution >= 0.6 is 0 Å². The van der Waals surface area contributed by atoms with E-state index in [1.54, 1.807) is 7.11 Å². The van der Waals surface area contributed by atoms with E-state index >= 15 is 0 Å². The molecule has 1 saturated carbocycles. The number of hydrogen-bond donors (Lipinski definition) is 0. The van der Waals surface area contributed by atoms with Gasteiger partial charge in [0, 0.05) is 32.8 Å². The molecule has 3 aliphatic rings. The zero-order chi connectivity index (χ0) is 13.3. The minimum Gasteiger partial charge on any atom is -0.375 e. The molecule has 2 heterocycles. The predicted octanol–water partition coefficient (Wildman–Crippen LogP) is 1.50. The summed E-state index contributed by atoms with van der Waals surface area (Å²) in [6.45, 7) is 4.67. The molecule has 4 heteroatoms. The van der Waals surface area contributed by atoms with Crippen molar-refractivity contribution in [2.24, 2.45) is 5.41 Å². The molecule has 4 nitrogen and oxygen atoms in total. The first-order valence-electron chi connectivity index (χ1n) is 7.73. The molecule has 0 atom stereocenters. The van der Waals surface area contributed by atoms with Crippen LogP contribution in [-0.2, 0) is 9.53 Å². The molecule has 0 unspecified atom stereocenters. The number of hydrogen-bond acceptors (Lipinski definition) is 3. The van der Waals surface area contributed by atoms with Gasteiger partial charge in [-0.2, -0.15) is 0 Å². The van der Waals surface area contributed by atoms with Crippen molar-refractivity contribution in [1.82, 2.24) is 9.80 Å². The molecule has 0 aromatic carbocycles. The Bertz CT molecular complexity index is 333. The van der Waals surface area contributed by atoms with Crippen LogP contribution in [0, 0.1) is 5.41 Å². The van der Waals surface area contributed by atoms with Crippen LogP contribution in [-0.4, -0.2) is 61.6 Å². The molecule has 0 radical (unpaired) electrons. The molecule has 2 aliphatic heterocycles. The Hall–Kier alpha value is -0.610. The van der Waals surface area contributed by atoms with E-state index in [4.69, 9.17) is 4.74 Å². The summed E-state index contributed by atoms with van der Waals surface area (Å²) in [5, 5.41) is 0. The number of ether oxygens (including phenoxy) is 1. The first-order chi connectivity index (χ1) is 9.22. The molecule has 2 saturated heterocycles. The highest BCUT2D eigenvalue weighted by Gasteiger charge is 2.43. The lowest BCUT2D eigenvalue weighted by Gasteiger charge is -2.41. The van der Waals surface area contributed by atoms with Crippen molar-refractivity contribution in [2.45, 2.75) is 44.6 Å². The fourth-order valence-electron chi connectivity index (χ4n) is 3.89. The van der Waals surface area contributed by atoms with Crippen molar-refractivity contribution in [1.29, 1.82) is 0 Å². The topological polar surface area (TPSA) is 32.8 Å². The van der Waals surface area contributed by atoms with Crippen LogP contribution < -0.4 is 0 Å². The number of carbonyl (C=O) groups is 1. The number of piperidine rings is 1. The third-order valence-corrected chi connectivity index (χ3v) is 5.50. The van der Waals surface area contributed by atoms with Gasteiger partial charge in [-0.3, -0.25) is 9.69 Å². The second-order valence-corrected chi connectivity index (χ2v) is 6.62. The second-order valence-electron chi connectivity index (χ2n) is 6.62. The Morgan fingerprint density at radius 2 is 1.89 bits per heavy atom. The molecular weight excluding hydrogens is 240 g/mol. The molecule has 3 fully saturated rings. The number of methoxy groups -OCH3 is 1. The second kappa shape index (κ2) is 5.41. The van der Waals surface area contributed by atoms with Gasteiger partial charge in [0.15, 0.2) is 0 Å². The highest BCUT2D eigenvalue weighted by molar-refractivity contribution is 5.77. The Morgan fingerprint density at radius 1 is 1.21 bits per heavy atom. The third kappa shape index (κ3) is 2.65. The largest absolute Gasteiger partial charge is 0.375 e. The molecule has 1 aliphatic carbocycles. The summed E-state index contributed by atoms with van der Waals surface area (Å²) < 4.78 is 4.95. The molecule has 0 aromatic rings. The maximum atomic E-state index is 11.8. The van der Waals surface area contributed by atoms with Gasteiger partial charge < -0.3 is 9.64 Å². The molecule has 0 bridgehead atoms. The monoisotopic (exact) mass is 266 g/mol. The SMILES string of the molecule is COCC(=O)N1CCC2(CC1)CCN(C1CCC1)C2. The summed E-state index contributed by atoms with van der Waals surface area (Å²) in [5.74, 6) is 0.159. The van der Waals surface area contributed by atoms with Crippen LogP contribution in [0.1, 0.15) is 38.5 Å². The van der Waals surface area contributed by atoms with Crippen molar-refractivity contribution in [3.63, 3.8) is 0 Å². The van der Waals surface area contributed by atoms with Crippen LogP contribution in [0.2, 0.25) is 0 Å². The molecular formula is C15H26N2O2. The quantitative estimate of drug-likeness (QED) is 0.776. The van der Waals surface area contributed by atoms with Crippen molar-refractivity contribution in [3.05, 3.63) is 0 Å². The zero-order valence-electron chi connectivity index (χ0n) is 12.1. The number of carbonyl (C=O) groups excluding carboxylic acids is 1. The van der Waals surface area contributed by atoms with Gasteiger partial charge in [-0.15, -0.1) is 0 Å².